The Kier molecular flexibility index (Phi) is 5.87. The van der Waals surface area contributed by atoms with Crippen molar-refractivity contribution in [2.45, 2.75) is 59.5 Å². The van der Waals surface area contributed by atoms with Gasteiger partial charge in [-0.15, -0.1) is 10.2 Å². The van der Waals surface area contributed by atoms with Gasteiger partial charge in [0.05, 0.1) is 6.54 Å². The van der Waals surface area contributed by atoms with Crippen LogP contribution in [0, 0.1) is 31.4 Å². The zero-order chi connectivity index (χ0) is 19.6. The molecule has 0 saturated carbocycles. The predicted molar refractivity (Wildman–Crippen MR) is 98.0 cm³/mol. The first-order chi connectivity index (χ1) is 12.9. The van der Waals surface area contributed by atoms with Crippen molar-refractivity contribution in [2.75, 3.05) is 6.54 Å². The summed E-state index contributed by atoms with van der Waals surface area (Å²) in [6, 6.07) is 2.50. The van der Waals surface area contributed by atoms with E-state index >= 15 is 0 Å². The van der Waals surface area contributed by atoms with Gasteiger partial charge in [0, 0.05) is 19.5 Å². The van der Waals surface area contributed by atoms with E-state index < -0.39 is 11.6 Å². The first-order valence-corrected chi connectivity index (χ1v) is 9.50. The van der Waals surface area contributed by atoms with Gasteiger partial charge in [0.15, 0.2) is 5.82 Å². The summed E-state index contributed by atoms with van der Waals surface area (Å²) >= 11 is 0. The maximum Gasteiger partial charge on any atom is 0.223 e. The molecule has 7 heteroatoms. The predicted octanol–water partition coefficient (Wildman–Crippen LogP) is 3.56. The number of rotatable bonds is 6. The molecule has 0 radical (unpaired) electrons. The van der Waals surface area contributed by atoms with E-state index in [0.717, 1.165) is 24.5 Å². The lowest BCUT2D eigenvalue weighted by Crippen LogP contribution is -2.39. The van der Waals surface area contributed by atoms with Crippen LogP contribution in [0.2, 0.25) is 0 Å². The van der Waals surface area contributed by atoms with E-state index in [0.29, 0.717) is 43.6 Å². The van der Waals surface area contributed by atoms with Gasteiger partial charge >= 0.3 is 0 Å². The lowest BCUT2D eigenvalue weighted by atomic mass is 9.90. The maximum absolute atomic E-state index is 14.2. The normalized spacial score (nSPS) is 14.9. The van der Waals surface area contributed by atoms with Gasteiger partial charge < -0.3 is 9.47 Å². The van der Waals surface area contributed by atoms with Crippen molar-refractivity contribution in [2.24, 2.45) is 5.92 Å². The molecule has 0 aliphatic carbocycles. The second kappa shape index (κ2) is 8.15. The zero-order valence-corrected chi connectivity index (χ0v) is 16.1. The molecule has 1 amide bonds. The third-order valence-electron chi connectivity index (χ3n) is 5.29. The van der Waals surface area contributed by atoms with Crippen LogP contribution in [0.3, 0.4) is 0 Å². The standard InChI is InChI=1S/C20H26F2N4O/c1-4-5-15(9-16-11-17(21)13(2)8-18(16)22)10-20(27)25-6-7-26-14(3)23-24-19(26)12-25/h8,11,15H,4-7,9-10,12H2,1-3H3. The molecule has 2 heterocycles. The molecule has 0 fully saturated rings. The third-order valence-corrected chi connectivity index (χ3v) is 5.29. The van der Waals surface area contributed by atoms with Gasteiger partial charge in [-0.1, -0.05) is 13.3 Å². The van der Waals surface area contributed by atoms with E-state index in [1.807, 2.05) is 18.4 Å². The smallest absolute Gasteiger partial charge is 0.223 e. The number of carbonyl (C=O) groups is 1. The molecule has 27 heavy (non-hydrogen) atoms. The van der Waals surface area contributed by atoms with Gasteiger partial charge in [0.25, 0.3) is 0 Å². The number of halogens is 2. The lowest BCUT2D eigenvalue weighted by Gasteiger charge is -2.29. The second-order valence-corrected chi connectivity index (χ2v) is 7.39. The molecule has 0 bridgehead atoms. The van der Waals surface area contributed by atoms with Crippen molar-refractivity contribution >= 4 is 5.91 Å². The Bertz CT molecular complexity index is 834. The fraction of sp³-hybridized carbons (Fsp3) is 0.550. The summed E-state index contributed by atoms with van der Waals surface area (Å²) in [4.78, 5) is 14.6. The van der Waals surface area contributed by atoms with Crippen LogP contribution >= 0.6 is 0 Å². The number of amides is 1. The highest BCUT2D eigenvalue weighted by molar-refractivity contribution is 5.76. The third kappa shape index (κ3) is 4.34. The molecule has 0 N–H and O–H groups in total. The minimum absolute atomic E-state index is 0.0133. The monoisotopic (exact) mass is 376 g/mol. The van der Waals surface area contributed by atoms with Crippen LogP contribution in [0.1, 0.15) is 49.0 Å². The summed E-state index contributed by atoms with van der Waals surface area (Å²) < 4.78 is 30.1. The minimum Gasteiger partial charge on any atom is -0.333 e. The van der Waals surface area contributed by atoms with E-state index in [1.54, 1.807) is 11.8 Å². The lowest BCUT2D eigenvalue weighted by molar-refractivity contribution is -0.133. The van der Waals surface area contributed by atoms with Crippen molar-refractivity contribution in [3.63, 3.8) is 0 Å². The molecule has 1 atom stereocenters. The minimum atomic E-state index is -0.404. The highest BCUT2D eigenvalue weighted by Gasteiger charge is 2.25. The van der Waals surface area contributed by atoms with Crippen LogP contribution in [-0.2, 0) is 24.3 Å². The number of aromatic nitrogens is 3. The number of carbonyl (C=O) groups excluding carboxylic acids is 1. The number of aryl methyl sites for hydroxylation is 2. The fourth-order valence-electron chi connectivity index (χ4n) is 3.73. The molecular weight excluding hydrogens is 350 g/mol. The van der Waals surface area contributed by atoms with Gasteiger partial charge in [-0.3, -0.25) is 4.79 Å². The molecule has 3 rings (SSSR count). The van der Waals surface area contributed by atoms with Crippen LogP contribution in [0.5, 0.6) is 0 Å². The van der Waals surface area contributed by atoms with Gasteiger partial charge in [0.1, 0.15) is 17.5 Å². The van der Waals surface area contributed by atoms with Gasteiger partial charge in [-0.25, -0.2) is 8.78 Å². The first kappa shape index (κ1) is 19.5. The van der Waals surface area contributed by atoms with Gasteiger partial charge in [0.2, 0.25) is 5.91 Å². The molecule has 5 nitrogen and oxygen atoms in total. The molecule has 1 aromatic carbocycles. The molecule has 1 aliphatic heterocycles. The summed E-state index contributed by atoms with van der Waals surface area (Å²) in [5.41, 5.74) is 0.644. The van der Waals surface area contributed by atoms with E-state index in [-0.39, 0.29) is 11.8 Å². The molecular formula is C20H26F2N4O. The van der Waals surface area contributed by atoms with Crippen LogP contribution in [0.4, 0.5) is 8.78 Å². The summed E-state index contributed by atoms with van der Waals surface area (Å²) in [6.07, 6.45) is 2.38. The quantitative estimate of drug-likeness (QED) is 0.775. The first-order valence-electron chi connectivity index (χ1n) is 9.50. The van der Waals surface area contributed by atoms with E-state index in [1.165, 1.54) is 12.1 Å². The Hall–Kier alpha value is -2.31. The Morgan fingerprint density at radius 3 is 2.70 bits per heavy atom. The van der Waals surface area contributed by atoms with Crippen molar-refractivity contribution in [1.82, 2.24) is 19.7 Å². The molecule has 1 aromatic heterocycles. The average molecular weight is 376 g/mol. The largest absolute Gasteiger partial charge is 0.333 e. The van der Waals surface area contributed by atoms with Crippen LogP contribution in [-0.4, -0.2) is 32.1 Å². The number of fused-ring (bicyclic) bond motifs is 1. The van der Waals surface area contributed by atoms with Crippen molar-refractivity contribution in [3.05, 3.63) is 46.5 Å². The fourth-order valence-corrected chi connectivity index (χ4v) is 3.73. The second-order valence-electron chi connectivity index (χ2n) is 7.39. The topological polar surface area (TPSA) is 51.0 Å². The Balaban J connectivity index is 1.67. The summed E-state index contributed by atoms with van der Waals surface area (Å²) in [7, 11) is 0. The molecule has 0 saturated heterocycles. The SMILES string of the molecule is CCCC(CC(=O)N1CCn2c(C)nnc2C1)Cc1cc(F)c(C)cc1F. The van der Waals surface area contributed by atoms with Crippen molar-refractivity contribution < 1.29 is 13.6 Å². The van der Waals surface area contributed by atoms with E-state index in [4.69, 9.17) is 0 Å². The highest BCUT2D eigenvalue weighted by Crippen LogP contribution is 2.24. The van der Waals surface area contributed by atoms with Crippen molar-refractivity contribution in [1.29, 1.82) is 0 Å². The Morgan fingerprint density at radius 1 is 1.19 bits per heavy atom. The maximum atomic E-state index is 14.2. The van der Waals surface area contributed by atoms with Gasteiger partial charge in [-0.05, 0) is 55.9 Å². The molecule has 1 unspecified atom stereocenters. The van der Waals surface area contributed by atoms with Gasteiger partial charge in [-0.2, -0.15) is 0 Å². The van der Waals surface area contributed by atoms with E-state index in [9.17, 15) is 13.6 Å². The number of hydrogen-bond donors (Lipinski definition) is 0. The van der Waals surface area contributed by atoms with E-state index in [2.05, 4.69) is 10.2 Å². The Labute approximate surface area is 158 Å². The summed E-state index contributed by atoms with van der Waals surface area (Å²) in [5.74, 6) is 0.875. The molecule has 0 spiro atoms. The van der Waals surface area contributed by atoms with Crippen LogP contribution in [0.25, 0.3) is 0 Å². The zero-order valence-electron chi connectivity index (χ0n) is 16.1. The van der Waals surface area contributed by atoms with Crippen molar-refractivity contribution in [3.8, 4) is 0 Å². The molecule has 146 valence electrons. The number of benzene rings is 1. The summed E-state index contributed by atoms with van der Waals surface area (Å²) in [5, 5.41) is 8.19. The molecule has 1 aliphatic rings. The summed E-state index contributed by atoms with van der Waals surface area (Å²) in [6.45, 7) is 7.25. The number of hydrogen-bond acceptors (Lipinski definition) is 3. The highest BCUT2D eigenvalue weighted by atomic mass is 19.1. The number of nitrogens with zero attached hydrogens (tertiary/aromatic N) is 4. The Morgan fingerprint density at radius 2 is 1.96 bits per heavy atom. The van der Waals surface area contributed by atoms with Crippen LogP contribution in [0.15, 0.2) is 12.1 Å². The average Bonchev–Trinajstić information content (AvgIpc) is 3.00. The van der Waals surface area contributed by atoms with Crippen LogP contribution < -0.4 is 0 Å². The molecule has 2 aromatic rings.